The van der Waals surface area contributed by atoms with Crippen molar-refractivity contribution in [2.24, 2.45) is 5.92 Å². The topological polar surface area (TPSA) is 49.4 Å². The number of nitrogens with zero attached hydrogens (tertiary/aromatic N) is 1. The van der Waals surface area contributed by atoms with Crippen LogP contribution in [0.4, 0.5) is 4.79 Å². The molecule has 78 valence electrons. The molecule has 4 nitrogen and oxygen atoms in total. The molecule has 1 saturated heterocycles. The van der Waals surface area contributed by atoms with E-state index in [1.165, 1.54) is 6.42 Å². The molecule has 2 rings (SSSR count). The largest absolute Gasteiger partial charge is 0.324 e. The van der Waals surface area contributed by atoms with Gasteiger partial charge in [0.05, 0.1) is 5.92 Å². The summed E-state index contributed by atoms with van der Waals surface area (Å²) in [6, 6.07) is -0.213. The predicted molar refractivity (Wildman–Crippen MR) is 51.7 cm³/mol. The highest BCUT2D eigenvalue weighted by atomic mass is 16.2. The van der Waals surface area contributed by atoms with Gasteiger partial charge in [-0.2, -0.15) is 0 Å². The summed E-state index contributed by atoms with van der Waals surface area (Å²) in [7, 11) is 0. The second kappa shape index (κ2) is 2.97. The lowest BCUT2D eigenvalue weighted by Gasteiger charge is -2.49. The number of rotatable bonds is 1. The van der Waals surface area contributed by atoms with Gasteiger partial charge in [0.1, 0.15) is 0 Å². The molecule has 14 heavy (non-hydrogen) atoms. The van der Waals surface area contributed by atoms with Crippen molar-refractivity contribution < 1.29 is 9.59 Å². The lowest BCUT2D eigenvalue weighted by molar-refractivity contribution is -0.126. The van der Waals surface area contributed by atoms with Crippen molar-refractivity contribution in [3.8, 4) is 0 Å². The van der Waals surface area contributed by atoms with Crippen LogP contribution in [0.1, 0.15) is 33.1 Å². The van der Waals surface area contributed by atoms with Crippen molar-refractivity contribution >= 4 is 11.9 Å². The van der Waals surface area contributed by atoms with E-state index >= 15 is 0 Å². The maximum Gasteiger partial charge on any atom is 0.324 e. The van der Waals surface area contributed by atoms with Gasteiger partial charge in [-0.3, -0.25) is 10.1 Å². The molecule has 1 aliphatic heterocycles. The Bertz CT molecular complexity index is 284. The Morgan fingerprint density at radius 1 is 1.43 bits per heavy atom. The van der Waals surface area contributed by atoms with Crippen LogP contribution >= 0.6 is 0 Å². The summed E-state index contributed by atoms with van der Waals surface area (Å²) >= 11 is 0. The number of hydrogen-bond acceptors (Lipinski definition) is 2. The highest BCUT2D eigenvalue weighted by molar-refractivity contribution is 5.98. The minimum atomic E-state index is -0.213. The number of nitrogens with one attached hydrogen (secondary N) is 1. The molecular formula is C10H16N2O2. The quantitative estimate of drug-likeness (QED) is 0.683. The van der Waals surface area contributed by atoms with E-state index in [9.17, 15) is 9.59 Å². The summed E-state index contributed by atoms with van der Waals surface area (Å²) in [5.74, 6) is -0.223. The van der Waals surface area contributed by atoms with E-state index in [0.717, 1.165) is 12.8 Å². The number of urea groups is 1. The Balaban J connectivity index is 2.12. The van der Waals surface area contributed by atoms with Crippen LogP contribution in [-0.2, 0) is 4.79 Å². The highest BCUT2D eigenvalue weighted by Gasteiger charge is 2.44. The Hall–Kier alpha value is -1.06. The zero-order valence-corrected chi connectivity index (χ0v) is 8.67. The second-order valence-corrected chi connectivity index (χ2v) is 4.66. The fraction of sp³-hybridized carbons (Fsp3) is 0.800. The van der Waals surface area contributed by atoms with Crippen LogP contribution in [0.3, 0.4) is 0 Å². The van der Waals surface area contributed by atoms with Crippen LogP contribution in [0, 0.1) is 5.92 Å². The second-order valence-electron chi connectivity index (χ2n) is 4.66. The predicted octanol–water partition coefficient (Wildman–Crippen LogP) is 1.12. The summed E-state index contributed by atoms with van der Waals surface area (Å²) in [4.78, 5) is 24.6. The van der Waals surface area contributed by atoms with E-state index in [0.29, 0.717) is 6.54 Å². The van der Waals surface area contributed by atoms with Gasteiger partial charge in [0.15, 0.2) is 0 Å². The normalized spacial score (nSPS) is 31.0. The summed E-state index contributed by atoms with van der Waals surface area (Å²) in [6.45, 7) is 4.52. The molecule has 1 saturated carbocycles. The SMILES string of the molecule is CC1CN(C2(C)CCC2)C(=O)NC1=O. The lowest BCUT2D eigenvalue weighted by atomic mass is 9.76. The molecule has 2 aliphatic rings. The Kier molecular flexibility index (Phi) is 2.01. The van der Waals surface area contributed by atoms with Crippen LogP contribution < -0.4 is 5.32 Å². The van der Waals surface area contributed by atoms with Gasteiger partial charge in [0.25, 0.3) is 0 Å². The molecule has 0 radical (unpaired) electrons. The molecule has 1 N–H and O–H groups in total. The van der Waals surface area contributed by atoms with Gasteiger partial charge in [-0.25, -0.2) is 4.79 Å². The molecule has 0 spiro atoms. The van der Waals surface area contributed by atoms with Crippen molar-refractivity contribution in [1.82, 2.24) is 10.2 Å². The maximum atomic E-state index is 11.6. The molecular weight excluding hydrogens is 180 g/mol. The number of amides is 3. The number of hydrogen-bond donors (Lipinski definition) is 1. The average molecular weight is 196 g/mol. The average Bonchev–Trinajstić information content (AvgIpc) is 2.07. The van der Waals surface area contributed by atoms with Crippen LogP contribution in [0.15, 0.2) is 0 Å². The molecule has 0 bridgehead atoms. The first-order chi connectivity index (χ1) is 6.53. The van der Waals surface area contributed by atoms with Crippen molar-refractivity contribution in [3.05, 3.63) is 0 Å². The molecule has 1 heterocycles. The van der Waals surface area contributed by atoms with Crippen LogP contribution in [0.5, 0.6) is 0 Å². The van der Waals surface area contributed by atoms with Gasteiger partial charge in [-0.1, -0.05) is 6.92 Å². The maximum absolute atomic E-state index is 11.6. The van der Waals surface area contributed by atoms with Gasteiger partial charge in [-0.15, -0.1) is 0 Å². The smallest absolute Gasteiger partial charge is 0.318 e. The van der Waals surface area contributed by atoms with Crippen molar-refractivity contribution in [2.45, 2.75) is 38.6 Å². The standard InChI is InChI=1S/C10H16N2O2/c1-7-6-12(9(14)11-8(7)13)10(2)4-3-5-10/h7H,3-6H2,1-2H3,(H,11,13,14). The third-order valence-electron chi connectivity index (χ3n) is 3.46. The number of carbonyl (C=O) groups is 2. The molecule has 3 amide bonds. The first-order valence-corrected chi connectivity index (χ1v) is 5.15. The lowest BCUT2D eigenvalue weighted by Crippen LogP contribution is -2.63. The fourth-order valence-corrected chi connectivity index (χ4v) is 2.16. The summed E-state index contributed by atoms with van der Waals surface area (Å²) in [6.07, 6.45) is 3.30. The molecule has 1 aliphatic carbocycles. The molecule has 4 heteroatoms. The fourth-order valence-electron chi connectivity index (χ4n) is 2.16. The molecule has 0 aromatic heterocycles. The minimum Gasteiger partial charge on any atom is -0.318 e. The van der Waals surface area contributed by atoms with Gasteiger partial charge >= 0.3 is 6.03 Å². The number of imide groups is 1. The Morgan fingerprint density at radius 2 is 2.07 bits per heavy atom. The summed E-state index contributed by atoms with van der Waals surface area (Å²) in [5, 5.41) is 2.40. The van der Waals surface area contributed by atoms with Gasteiger partial charge in [0.2, 0.25) is 5.91 Å². The zero-order valence-electron chi connectivity index (χ0n) is 8.67. The third-order valence-corrected chi connectivity index (χ3v) is 3.46. The van der Waals surface area contributed by atoms with Gasteiger partial charge in [-0.05, 0) is 26.2 Å². The van der Waals surface area contributed by atoms with Crippen LogP contribution in [0.25, 0.3) is 0 Å². The molecule has 0 aromatic rings. The van der Waals surface area contributed by atoms with Crippen molar-refractivity contribution in [3.63, 3.8) is 0 Å². The van der Waals surface area contributed by atoms with Crippen molar-refractivity contribution in [2.75, 3.05) is 6.54 Å². The molecule has 1 atom stereocenters. The summed E-state index contributed by atoms with van der Waals surface area (Å²) < 4.78 is 0. The molecule has 1 unspecified atom stereocenters. The van der Waals surface area contributed by atoms with E-state index in [1.807, 2.05) is 11.8 Å². The van der Waals surface area contributed by atoms with E-state index in [-0.39, 0.29) is 23.4 Å². The zero-order chi connectivity index (χ0) is 10.3. The first-order valence-electron chi connectivity index (χ1n) is 5.15. The Labute approximate surface area is 83.6 Å². The third kappa shape index (κ3) is 1.29. The summed E-state index contributed by atoms with van der Waals surface area (Å²) in [5.41, 5.74) is -0.000949. The first kappa shape index (κ1) is 9.49. The Morgan fingerprint density at radius 3 is 2.57 bits per heavy atom. The van der Waals surface area contributed by atoms with Crippen molar-refractivity contribution in [1.29, 1.82) is 0 Å². The van der Waals surface area contributed by atoms with Crippen LogP contribution in [0.2, 0.25) is 0 Å². The highest BCUT2D eigenvalue weighted by Crippen LogP contribution is 2.38. The number of carbonyl (C=O) groups excluding carboxylic acids is 2. The molecule has 0 aromatic carbocycles. The van der Waals surface area contributed by atoms with Gasteiger partial charge in [0, 0.05) is 12.1 Å². The van der Waals surface area contributed by atoms with E-state index < -0.39 is 0 Å². The van der Waals surface area contributed by atoms with Gasteiger partial charge < -0.3 is 4.90 Å². The minimum absolute atomic E-state index is 0.000949. The van der Waals surface area contributed by atoms with Crippen LogP contribution in [-0.4, -0.2) is 28.9 Å². The monoisotopic (exact) mass is 196 g/mol. The van der Waals surface area contributed by atoms with E-state index in [2.05, 4.69) is 12.2 Å². The van der Waals surface area contributed by atoms with E-state index in [1.54, 1.807) is 0 Å². The molecule has 2 fully saturated rings. The van der Waals surface area contributed by atoms with E-state index in [4.69, 9.17) is 0 Å².